The fourth-order valence-corrected chi connectivity index (χ4v) is 4.08. The van der Waals surface area contributed by atoms with Gasteiger partial charge in [0.05, 0.1) is 12.0 Å². The first-order chi connectivity index (χ1) is 13.8. The van der Waals surface area contributed by atoms with Gasteiger partial charge >= 0.3 is 5.69 Å². The van der Waals surface area contributed by atoms with Crippen molar-refractivity contribution in [3.8, 4) is 11.3 Å². The van der Waals surface area contributed by atoms with Crippen molar-refractivity contribution >= 4 is 49.5 Å². The van der Waals surface area contributed by atoms with Gasteiger partial charge in [-0.25, -0.2) is 14.8 Å². The molecular formula is C18H15BrN6O3S. The monoisotopic (exact) mass is 474 g/mol. The number of carbonyl (C=O) groups is 1. The highest BCUT2D eigenvalue weighted by molar-refractivity contribution is 9.10. The third-order valence-corrected chi connectivity index (χ3v) is 5.65. The van der Waals surface area contributed by atoms with Crippen molar-refractivity contribution in [1.82, 2.24) is 23.7 Å². The molecule has 0 aliphatic rings. The first-order valence-corrected chi connectivity index (χ1v) is 10.1. The molecule has 0 fully saturated rings. The molecule has 0 saturated carbocycles. The van der Waals surface area contributed by atoms with Crippen LogP contribution in [0.1, 0.15) is 0 Å². The number of nitrogens with zero attached hydrogens (tertiary/aromatic N) is 5. The molecule has 0 saturated heterocycles. The zero-order valence-corrected chi connectivity index (χ0v) is 17.8. The van der Waals surface area contributed by atoms with Crippen molar-refractivity contribution in [2.75, 3.05) is 5.32 Å². The predicted octanol–water partition coefficient (Wildman–Crippen LogP) is 1.96. The molecule has 3 heterocycles. The lowest BCUT2D eigenvalue weighted by Gasteiger charge is -2.06. The number of hydrogen-bond donors (Lipinski definition) is 1. The summed E-state index contributed by atoms with van der Waals surface area (Å²) in [4.78, 5) is 45.5. The fraction of sp³-hybridized carbons (Fsp3) is 0.167. The molecule has 1 N–H and O–H groups in total. The molecule has 0 bridgehead atoms. The Labute approximate surface area is 176 Å². The minimum atomic E-state index is -0.500. The lowest BCUT2D eigenvalue weighted by Crippen LogP contribution is -2.37. The van der Waals surface area contributed by atoms with E-state index in [9.17, 15) is 14.4 Å². The quantitative estimate of drug-likeness (QED) is 0.486. The van der Waals surface area contributed by atoms with Crippen LogP contribution in [0, 0.1) is 0 Å². The molecule has 3 aromatic heterocycles. The zero-order chi connectivity index (χ0) is 20.7. The number of hydrogen-bond acceptors (Lipinski definition) is 6. The Morgan fingerprint density at radius 2 is 2.03 bits per heavy atom. The highest BCUT2D eigenvalue weighted by atomic mass is 79.9. The third kappa shape index (κ3) is 3.54. The standard InChI is InChI=1S/C18H15BrN6O3S/c1-23-15-14(16(27)24(2)18(23)28)25(9-20-15)7-13(26)22-17-21-12(8-29-17)10-4-3-5-11(19)6-10/h3-6,8-9H,7H2,1-2H3,(H,21,22,26). The van der Waals surface area contributed by atoms with Crippen LogP contribution in [0.3, 0.4) is 0 Å². The normalized spacial score (nSPS) is 11.1. The minimum absolute atomic E-state index is 0.129. The molecule has 0 unspecified atom stereocenters. The summed E-state index contributed by atoms with van der Waals surface area (Å²) in [5, 5.41) is 5.05. The second-order valence-corrected chi connectivity index (χ2v) is 8.12. The maximum absolute atomic E-state index is 12.5. The van der Waals surface area contributed by atoms with Gasteiger partial charge in [0.2, 0.25) is 5.91 Å². The molecule has 0 aliphatic heterocycles. The number of nitrogens with one attached hydrogen (secondary N) is 1. The Balaban J connectivity index is 1.57. The Morgan fingerprint density at radius 1 is 1.24 bits per heavy atom. The van der Waals surface area contributed by atoms with Gasteiger partial charge in [-0.05, 0) is 12.1 Å². The van der Waals surface area contributed by atoms with Gasteiger partial charge in [0.1, 0.15) is 6.54 Å². The van der Waals surface area contributed by atoms with E-state index in [0.29, 0.717) is 5.13 Å². The number of aromatic nitrogens is 5. The average molecular weight is 475 g/mol. The Kier molecular flexibility index (Phi) is 4.92. The number of amides is 1. The largest absolute Gasteiger partial charge is 0.332 e. The van der Waals surface area contributed by atoms with E-state index in [4.69, 9.17) is 0 Å². The summed E-state index contributed by atoms with van der Waals surface area (Å²) in [6.07, 6.45) is 1.37. The van der Waals surface area contributed by atoms with Crippen LogP contribution >= 0.6 is 27.3 Å². The van der Waals surface area contributed by atoms with Gasteiger partial charge in [-0.3, -0.25) is 18.7 Å². The minimum Gasteiger partial charge on any atom is -0.315 e. The van der Waals surface area contributed by atoms with Gasteiger partial charge in [-0.1, -0.05) is 28.1 Å². The van der Waals surface area contributed by atoms with Gasteiger partial charge in [0, 0.05) is 29.5 Å². The fourth-order valence-electron chi connectivity index (χ4n) is 2.94. The summed E-state index contributed by atoms with van der Waals surface area (Å²) in [6, 6.07) is 7.71. The van der Waals surface area contributed by atoms with Gasteiger partial charge in [-0.2, -0.15) is 0 Å². The van der Waals surface area contributed by atoms with Crippen LogP contribution in [0.15, 0.2) is 50.0 Å². The molecule has 1 amide bonds. The van der Waals surface area contributed by atoms with Crippen molar-refractivity contribution in [1.29, 1.82) is 0 Å². The molecule has 4 aromatic rings. The first-order valence-electron chi connectivity index (χ1n) is 8.47. The number of anilines is 1. The molecular weight excluding hydrogens is 460 g/mol. The molecule has 0 aliphatic carbocycles. The van der Waals surface area contributed by atoms with Crippen molar-refractivity contribution in [2.24, 2.45) is 14.1 Å². The smallest absolute Gasteiger partial charge is 0.315 e. The number of thiazole rings is 1. The van der Waals surface area contributed by atoms with Crippen LogP contribution < -0.4 is 16.6 Å². The Hall–Kier alpha value is -3.05. The topological polar surface area (TPSA) is 104 Å². The Bertz CT molecular complexity index is 1370. The average Bonchev–Trinajstić information content (AvgIpc) is 3.32. The van der Waals surface area contributed by atoms with Crippen molar-refractivity contribution in [3.63, 3.8) is 0 Å². The summed E-state index contributed by atoms with van der Waals surface area (Å²) < 4.78 is 4.63. The van der Waals surface area contributed by atoms with Crippen LogP contribution in [0.25, 0.3) is 22.4 Å². The molecule has 4 rings (SSSR count). The van der Waals surface area contributed by atoms with Gasteiger partial charge in [0.25, 0.3) is 5.56 Å². The maximum Gasteiger partial charge on any atom is 0.332 e. The lowest BCUT2D eigenvalue weighted by atomic mass is 10.2. The molecule has 9 nitrogen and oxygen atoms in total. The van der Waals surface area contributed by atoms with E-state index >= 15 is 0 Å². The van der Waals surface area contributed by atoms with Gasteiger partial charge < -0.3 is 9.88 Å². The Morgan fingerprint density at radius 3 is 2.79 bits per heavy atom. The molecule has 0 spiro atoms. The summed E-state index contributed by atoms with van der Waals surface area (Å²) >= 11 is 4.74. The number of imidazole rings is 1. The number of carbonyl (C=O) groups excluding carboxylic acids is 1. The molecule has 0 radical (unpaired) electrons. The highest BCUT2D eigenvalue weighted by Crippen LogP contribution is 2.26. The van der Waals surface area contributed by atoms with Gasteiger partial charge in [0.15, 0.2) is 16.3 Å². The second-order valence-electron chi connectivity index (χ2n) is 6.35. The summed E-state index contributed by atoms with van der Waals surface area (Å²) in [6.45, 7) is -0.129. The molecule has 1 aromatic carbocycles. The van der Waals surface area contributed by atoms with Crippen LogP contribution in [0.5, 0.6) is 0 Å². The van der Waals surface area contributed by atoms with Crippen LogP contribution in [0.4, 0.5) is 5.13 Å². The van der Waals surface area contributed by atoms with Crippen molar-refractivity contribution in [2.45, 2.75) is 6.54 Å². The van der Waals surface area contributed by atoms with E-state index in [1.165, 1.54) is 40.9 Å². The summed E-state index contributed by atoms with van der Waals surface area (Å²) in [5.74, 6) is -0.352. The van der Waals surface area contributed by atoms with E-state index < -0.39 is 11.2 Å². The van der Waals surface area contributed by atoms with E-state index in [0.717, 1.165) is 20.3 Å². The van der Waals surface area contributed by atoms with Crippen molar-refractivity contribution < 1.29 is 4.79 Å². The number of aryl methyl sites for hydroxylation is 1. The summed E-state index contributed by atoms with van der Waals surface area (Å²) in [7, 11) is 2.92. The molecule has 11 heteroatoms. The van der Waals surface area contributed by atoms with Crippen molar-refractivity contribution in [3.05, 3.63) is 61.3 Å². The number of benzene rings is 1. The van der Waals surface area contributed by atoms with E-state index in [-0.39, 0.29) is 23.6 Å². The lowest BCUT2D eigenvalue weighted by molar-refractivity contribution is -0.116. The second kappa shape index (κ2) is 7.41. The maximum atomic E-state index is 12.5. The predicted molar refractivity (Wildman–Crippen MR) is 114 cm³/mol. The third-order valence-electron chi connectivity index (χ3n) is 4.40. The van der Waals surface area contributed by atoms with Crippen LogP contribution in [-0.4, -0.2) is 29.6 Å². The summed E-state index contributed by atoms with van der Waals surface area (Å²) in [5.41, 5.74) is 1.14. The van der Waals surface area contributed by atoms with E-state index in [1.54, 1.807) is 0 Å². The highest BCUT2D eigenvalue weighted by Gasteiger charge is 2.16. The first kappa shape index (κ1) is 19.3. The molecule has 29 heavy (non-hydrogen) atoms. The zero-order valence-electron chi connectivity index (χ0n) is 15.4. The number of fused-ring (bicyclic) bond motifs is 1. The number of rotatable bonds is 4. The SMILES string of the molecule is Cn1c(=O)c2c(ncn2CC(=O)Nc2nc(-c3cccc(Br)c3)cs2)n(C)c1=O. The van der Waals surface area contributed by atoms with E-state index in [1.807, 2.05) is 29.6 Å². The van der Waals surface area contributed by atoms with E-state index in [2.05, 4.69) is 31.2 Å². The van der Waals surface area contributed by atoms with Crippen LogP contribution in [0.2, 0.25) is 0 Å². The van der Waals surface area contributed by atoms with Crippen LogP contribution in [-0.2, 0) is 25.4 Å². The number of halogens is 1. The van der Waals surface area contributed by atoms with Gasteiger partial charge in [-0.15, -0.1) is 11.3 Å². The molecule has 0 atom stereocenters. The molecule has 148 valence electrons.